The number of nitrogens with one attached hydrogen (secondary N) is 2. The highest BCUT2D eigenvalue weighted by Crippen LogP contribution is 2.09. The zero-order chi connectivity index (χ0) is 12.7. The summed E-state index contributed by atoms with van der Waals surface area (Å²) in [5.41, 5.74) is 0.876. The van der Waals surface area contributed by atoms with Crippen LogP contribution in [0.1, 0.15) is 10.4 Å². The molecule has 0 saturated carbocycles. The Morgan fingerprint density at radius 2 is 1.94 bits per heavy atom. The number of ether oxygens (including phenoxy) is 1. The lowest BCUT2D eigenvalue weighted by atomic mass is 10.2. The summed E-state index contributed by atoms with van der Waals surface area (Å²) >= 11 is 0. The highest BCUT2D eigenvalue weighted by Gasteiger charge is 2.08. The van der Waals surface area contributed by atoms with Crippen LogP contribution in [0.2, 0.25) is 0 Å². The van der Waals surface area contributed by atoms with Crippen molar-refractivity contribution in [3.05, 3.63) is 29.8 Å². The van der Waals surface area contributed by atoms with Crippen LogP contribution in [0.3, 0.4) is 0 Å². The molecule has 0 atom stereocenters. The van der Waals surface area contributed by atoms with Crippen LogP contribution in [-0.4, -0.2) is 35.0 Å². The van der Waals surface area contributed by atoms with Gasteiger partial charge in [0.05, 0.1) is 6.61 Å². The lowest BCUT2D eigenvalue weighted by molar-refractivity contribution is 0.112. The van der Waals surface area contributed by atoms with Crippen molar-refractivity contribution in [1.29, 1.82) is 0 Å². The predicted molar refractivity (Wildman–Crippen MR) is 64.3 cm³/mol. The minimum absolute atomic E-state index is 0.193. The summed E-state index contributed by atoms with van der Waals surface area (Å²) in [6.07, 6.45) is 0.690. The molecule has 0 aromatic heterocycles. The zero-order valence-corrected chi connectivity index (χ0v) is 10.2. The van der Waals surface area contributed by atoms with Crippen molar-refractivity contribution >= 4 is 22.2 Å². The minimum atomic E-state index is -3.59. The van der Waals surface area contributed by atoms with Crippen molar-refractivity contribution in [2.75, 3.05) is 25.0 Å². The summed E-state index contributed by atoms with van der Waals surface area (Å²) in [6.45, 7) is 0.489. The summed E-state index contributed by atoms with van der Waals surface area (Å²) in [5.74, 6) is 0. The lowest BCUT2D eigenvalue weighted by Crippen LogP contribution is -2.32. The van der Waals surface area contributed by atoms with E-state index in [1.165, 1.54) is 31.4 Å². The molecule has 17 heavy (non-hydrogen) atoms. The van der Waals surface area contributed by atoms with Crippen LogP contribution in [0.15, 0.2) is 24.3 Å². The maximum atomic E-state index is 11.5. The Morgan fingerprint density at radius 3 is 2.47 bits per heavy atom. The average Bonchev–Trinajstić information content (AvgIpc) is 2.30. The van der Waals surface area contributed by atoms with E-state index in [0.717, 1.165) is 0 Å². The smallest absolute Gasteiger partial charge is 0.299 e. The molecule has 0 aliphatic rings. The van der Waals surface area contributed by atoms with Gasteiger partial charge in [0.2, 0.25) is 0 Å². The van der Waals surface area contributed by atoms with Crippen LogP contribution in [-0.2, 0) is 14.9 Å². The lowest BCUT2D eigenvalue weighted by Gasteiger charge is -2.08. The standard InChI is InChI=1S/C10H14N2O4S/c1-16-7-6-11-17(14,15)12-10-4-2-9(8-13)3-5-10/h2-5,8,11-12H,6-7H2,1H3. The summed E-state index contributed by atoms with van der Waals surface area (Å²) < 4.78 is 32.3. The molecular weight excluding hydrogens is 244 g/mol. The molecule has 0 radical (unpaired) electrons. The molecule has 0 unspecified atom stereocenters. The van der Waals surface area contributed by atoms with Gasteiger partial charge in [0.25, 0.3) is 10.2 Å². The van der Waals surface area contributed by atoms with Gasteiger partial charge in [-0.3, -0.25) is 9.52 Å². The van der Waals surface area contributed by atoms with E-state index in [1.807, 2.05) is 0 Å². The Bertz CT molecular complexity index is 456. The molecule has 0 amide bonds. The molecule has 2 N–H and O–H groups in total. The second-order valence-electron chi connectivity index (χ2n) is 3.23. The first-order valence-corrected chi connectivity index (χ1v) is 6.37. The molecule has 0 heterocycles. The highest BCUT2D eigenvalue weighted by atomic mass is 32.2. The normalized spacial score (nSPS) is 11.1. The molecule has 0 spiro atoms. The molecular formula is C10H14N2O4S. The van der Waals surface area contributed by atoms with Gasteiger partial charge < -0.3 is 4.74 Å². The summed E-state index contributed by atoms with van der Waals surface area (Å²) in [6, 6.07) is 6.08. The average molecular weight is 258 g/mol. The number of hydrogen-bond acceptors (Lipinski definition) is 4. The largest absolute Gasteiger partial charge is 0.383 e. The Kier molecular flexibility index (Phi) is 5.08. The number of hydrogen-bond donors (Lipinski definition) is 2. The Balaban J connectivity index is 2.59. The summed E-state index contributed by atoms with van der Waals surface area (Å²) in [7, 11) is -2.11. The van der Waals surface area contributed by atoms with Gasteiger partial charge in [-0.1, -0.05) is 0 Å². The van der Waals surface area contributed by atoms with E-state index in [0.29, 0.717) is 24.1 Å². The number of methoxy groups -OCH3 is 1. The quantitative estimate of drug-likeness (QED) is 0.547. The molecule has 0 aliphatic carbocycles. The number of rotatable bonds is 7. The molecule has 1 aromatic rings. The fraction of sp³-hybridized carbons (Fsp3) is 0.300. The van der Waals surface area contributed by atoms with Gasteiger partial charge in [-0.25, -0.2) is 0 Å². The van der Waals surface area contributed by atoms with Gasteiger partial charge in [-0.2, -0.15) is 13.1 Å². The Morgan fingerprint density at radius 1 is 1.29 bits per heavy atom. The molecule has 7 heteroatoms. The fourth-order valence-electron chi connectivity index (χ4n) is 1.10. The van der Waals surface area contributed by atoms with E-state index in [9.17, 15) is 13.2 Å². The number of benzene rings is 1. The molecule has 6 nitrogen and oxygen atoms in total. The molecule has 0 saturated heterocycles. The number of carbonyl (C=O) groups excluding carboxylic acids is 1. The van der Waals surface area contributed by atoms with Crippen LogP contribution in [0.25, 0.3) is 0 Å². The molecule has 0 bridgehead atoms. The predicted octanol–water partition coefficient (Wildman–Crippen LogP) is 0.392. The number of carbonyl (C=O) groups is 1. The van der Waals surface area contributed by atoms with E-state index in [1.54, 1.807) is 0 Å². The second-order valence-corrected chi connectivity index (χ2v) is 4.73. The van der Waals surface area contributed by atoms with Gasteiger partial charge in [0, 0.05) is 24.9 Å². The van der Waals surface area contributed by atoms with E-state index in [2.05, 4.69) is 9.44 Å². The molecule has 1 aromatic carbocycles. The maximum Gasteiger partial charge on any atom is 0.299 e. The van der Waals surface area contributed by atoms with Crippen LogP contribution in [0.5, 0.6) is 0 Å². The van der Waals surface area contributed by atoms with Gasteiger partial charge in [-0.15, -0.1) is 0 Å². The van der Waals surface area contributed by atoms with Crippen molar-refractivity contribution in [3.63, 3.8) is 0 Å². The molecule has 0 aliphatic heterocycles. The van der Waals surface area contributed by atoms with Gasteiger partial charge >= 0.3 is 0 Å². The van der Waals surface area contributed by atoms with E-state index < -0.39 is 10.2 Å². The van der Waals surface area contributed by atoms with Crippen LogP contribution in [0.4, 0.5) is 5.69 Å². The number of aldehydes is 1. The van der Waals surface area contributed by atoms with Gasteiger partial charge in [0.1, 0.15) is 6.29 Å². The first-order valence-electron chi connectivity index (χ1n) is 4.89. The topological polar surface area (TPSA) is 84.5 Å². The van der Waals surface area contributed by atoms with Crippen molar-refractivity contribution in [3.8, 4) is 0 Å². The van der Waals surface area contributed by atoms with E-state index in [4.69, 9.17) is 4.74 Å². The summed E-state index contributed by atoms with van der Waals surface area (Å²) in [4.78, 5) is 10.4. The Labute approximate surface area is 100 Å². The second kappa shape index (κ2) is 6.33. The van der Waals surface area contributed by atoms with E-state index >= 15 is 0 Å². The SMILES string of the molecule is COCCNS(=O)(=O)Nc1ccc(C=O)cc1. The molecule has 0 fully saturated rings. The van der Waals surface area contributed by atoms with Crippen LogP contribution < -0.4 is 9.44 Å². The summed E-state index contributed by atoms with van der Waals surface area (Å²) in [5, 5.41) is 0. The maximum absolute atomic E-state index is 11.5. The zero-order valence-electron chi connectivity index (χ0n) is 9.34. The van der Waals surface area contributed by atoms with Gasteiger partial charge in [0.15, 0.2) is 0 Å². The molecule has 1 rings (SSSR count). The number of anilines is 1. The first-order chi connectivity index (χ1) is 8.07. The minimum Gasteiger partial charge on any atom is -0.383 e. The highest BCUT2D eigenvalue weighted by molar-refractivity contribution is 7.90. The fourth-order valence-corrected chi connectivity index (χ4v) is 1.97. The van der Waals surface area contributed by atoms with Crippen LogP contribution >= 0.6 is 0 Å². The van der Waals surface area contributed by atoms with Crippen molar-refractivity contribution in [2.24, 2.45) is 0 Å². The molecule has 94 valence electrons. The van der Waals surface area contributed by atoms with Crippen molar-refractivity contribution in [2.45, 2.75) is 0 Å². The monoisotopic (exact) mass is 258 g/mol. The van der Waals surface area contributed by atoms with E-state index in [-0.39, 0.29) is 6.54 Å². The Hall–Kier alpha value is -1.44. The third-order valence-corrected chi connectivity index (χ3v) is 2.99. The van der Waals surface area contributed by atoms with Crippen molar-refractivity contribution < 1.29 is 17.9 Å². The third-order valence-electron chi connectivity index (χ3n) is 1.90. The van der Waals surface area contributed by atoms with Crippen molar-refractivity contribution in [1.82, 2.24) is 4.72 Å². The first kappa shape index (κ1) is 13.6. The third kappa shape index (κ3) is 4.94. The van der Waals surface area contributed by atoms with Gasteiger partial charge in [-0.05, 0) is 24.3 Å². The van der Waals surface area contributed by atoms with Crippen LogP contribution in [0, 0.1) is 0 Å².